The lowest BCUT2D eigenvalue weighted by molar-refractivity contribution is -0.273. The summed E-state index contributed by atoms with van der Waals surface area (Å²) >= 11 is 0. The Labute approximate surface area is 213 Å². The van der Waals surface area contributed by atoms with E-state index in [-0.39, 0.29) is 13.0 Å². The number of esters is 5. The number of fused-ring (bicyclic) bond motifs is 2. The first kappa shape index (κ1) is 25.3. The van der Waals surface area contributed by atoms with E-state index in [1.807, 2.05) is 0 Å². The Hall–Kier alpha value is -3.37. The topological polar surface area (TPSA) is 145 Å². The van der Waals surface area contributed by atoms with Crippen LogP contribution in [0.4, 0.5) is 0 Å². The molecule has 2 saturated heterocycles. The van der Waals surface area contributed by atoms with Gasteiger partial charge in [0.1, 0.15) is 18.3 Å². The minimum absolute atomic E-state index is 0.0479. The molecular weight excluding hydrogens is 488 g/mol. The van der Waals surface area contributed by atoms with Gasteiger partial charge in [0.05, 0.1) is 31.0 Å². The molecule has 4 fully saturated rings. The lowest BCUT2D eigenvalue weighted by Crippen LogP contribution is -2.70. The molecular formula is C26H30O11. The molecule has 4 aliphatic rings. The molecule has 0 amide bonds. The summed E-state index contributed by atoms with van der Waals surface area (Å²) in [5.74, 6) is -4.89. The normalized spacial score (nSPS) is 40.3. The van der Waals surface area contributed by atoms with Crippen molar-refractivity contribution >= 4 is 29.8 Å². The summed E-state index contributed by atoms with van der Waals surface area (Å²) in [6, 6.07) is 1.62. The number of rotatable bonds is 4. The van der Waals surface area contributed by atoms with Crippen LogP contribution in [0.2, 0.25) is 0 Å². The zero-order valence-electron chi connectivity index (χ0n) is 21.1. The summed E-state index contributed by atoms with van der Waals surface area (Å²) < 4.78 is 34.0. The van der Waals surface area contributed by atoms with Gasteiger partial charge in [-0.15, -0.1) is 0 Å². The van der Waals surface area contributed by atoms with Gasteiger partial charge in [-0.25, -0.2) is 0 Å². The quantitative estimate of drug-likeness (QED) is 0.427. The average Bonchev–Trinajstić information content (AvgIpc) is 3.44. The van der Waals surface area contributed by atoms with Crippen LogP contribution in [0.3, 0.4) is 0 Å². The fourth-order valence-electron chi connectivity index (χ4n) is 7.56. The maximum absolute atomic E-state index is 13.5. The second-order valence-corrected chi connectivity index (χ2v) is 10.7. The fraction of sp³-hybridized carbons (Fsp3) is 0.654. The molecule has 1 spiro atoms. The van der Waals surface area contributed by atoms with E-state index < -0.39 is 82.8 Å². The monoisotopic (exact) mass is 518 g/mol. The first-order valence-electron chi connectivity index (χ1n) is 12.4. The van der Waals surface area contributed by atoms with Crippen LogP contribution in [0.15, 0.2) is 23.0 Å². The lowest BCUT2D eigenvalue weighted by atomic mass is 9.42. The molecule has 200 valence electrons. The van der Waals surface area contributed by atoms with Crippen molar-refractivity contribution in [3.63, 3.8) is 0 Å². The van der Waals surface area contributed by atoms with Gasteiger partial charge in [0.15, 0.2) is 6.10 Å². The molecule has 3 heterocycles. The Kier molecular flexibility index (Phi) is 6.07. The van der Waals surface area contributed by atoms with Gasteiger partial charge in [0.25, 0.3) is 0 Å². The van der Waals surface area contributed by atoms with E-state index in [4.69, 9.17) is 28.1 Å². The van der Waals surface area contributed by atoms with Gasteiger partial charge in [0.2, 0.25) is 0 Å². The van der Waals surface area contributed by atoms with Crippen molar-refractivity contribution in [1.29, 1.82) is 0 Å². The maximum atomic E-state index is 13.5. The van der Waals surface area contributed by atoms with Crippen LogP contribution in [-0.4, -0.2) is 54.8 Å². The van der Waals surface area contributed by atoms with Gasteiger partial charge in [0, 0.05) is 49.5 Å². The number of ether oxygens (including phenoxy) is 5. The third-order valence-corrected chi connectivity index (χ3v) is 8.76. The van der Waals surface area contributed by atoms with Gasteiger partial charge >= 0.3 is 29.8 Å². The minimum Gasteiger partial charge on any atom is -0.472 e. The van der Waals surface area contributed by atoms with Crippen LogP contribution in [0, 0.1) is 28.6 Å². The number of cyclic esters (lactones) is 2. The summed E-state index contributed by atoms with van der Waals surface area (Å²) in [7, 11) is 0. The number of carbonyl (C=O) groups is 5. The van der Waals surface area contributed by atoms with Crippen LogP contribution in [0.1, 0.15) is 58.6 Å². The SMILES string of the molecule is CC(=O)O[C@@H]1[C@H](OC(C)=O)C[C@H]2C(=O)OC[C@]23CC[C@@H]2C(=O)O[C@@H](c4ccoc4)[C@H](OC(C)=O)[C@]2(C)[C@@H]13. The second-order valence-electron chi connectivity index (χ2n) is 10.7. The van der Waals surface area contributed by atoms with Crippen LogP contribution >= 0.6 is 0 Å². The van der Waals surface area contributed by atoms with Crippen LogP contribution in [0.5, 0.6) is 0 Å². The minimum atomic E-state index is -1.19. The number of carbonyl (C=O) groups excluding carboxylic acids is 5. The molecule has 0 bridgehead atoms. The molecule has 11 heteroatoms. The van der Waals surface area contributed by atoms with E-state index in [1.54, 1.807) is 13.0 Å². The molecule has 0 radical (unpaired) electrons. The predicted molar refractivity (Wildman–Crippen MR) is 120 cm³/mol. The molecule has 11 nitrogen and oxygen atoms in total. The van der Waals surface area contributed by atoms with Crippen molar-refractivity contribution in [2.24, 2.45) is 28.6 Å². The Morgan fingerprint density at radius 3 is 2.30 bits per heavy atom. The molecule has 2 saturated carbocycles. The van der Waals surface area contributed by atoms with E-state index in [0.29, 0.717) is 18.4 Å². The molecule has 9 atom stereocenters. The van der Waals surface area contributed by atoms with Crippen molar-refractivity contribution in [2.75, 3.05) is 6.61 Å². The van der Waals surface area contributed by atoms with Crippen molar-refractivity contribution in [2.45, 2.75) is 71.4 Å². The van der Waals surface area contributed by atoms with Crippen molar-refractivity contribution < 1.29 is 52.1 Å². The van der Waals surface area contributed by atoms with E-state index in [0.717, 1.165) is 0 Å². The summed E-state index contributed by atoms with van der Waals surface area (Å²) in [4.78, 5) is 63.3. The van der Waals surface area contributed by atoms with E-state index in [9.17, 15) is 24.0 Å². The summed E-state index contributed by atoms with van der Waals surface area (Å²) in [5.41, 5.74) is -1.53. The highest BCUT2D eigenvalue weighted by Gasteiger charge is 2.75. The van der Waals surface area contributed by atoms with Crippen LogP contribution in [-0.2, 0) is 47.7 Å². The maximum Gasteiger partial charge on any atom is 0.310 e. The van der Waals surface area contributed by atoms with Crippen LogP contribution in [0.25, 0.3) is 0 Å². The molecule has 0 aromatic carbocycles. The van der Waals surface area contributed by atoms with Gasteiger partial charge in [-0.05, 0) is 18.9 Å². The predicted octanol–water partition coefficient (Wildman–Crippen LogP) is 2.27. The summed E-state index contributed by atoms with van der Waals surface area (Å²) in [5, 5.41) is 0. The molecule has 0 unspecified atom stereocenters. The average molecular weight is 519 g/mol. The van der Waals surface area contributed by atoms with Gasteiger partial charge in [-0.3, -0.25) is 24.0 Å². The highest BCUT2D eigenvalue weighted by Crippen LogP contribution is 2.68. The zero-order valence-corrected chi connectivity index (χ0v) is 21.1. The van der Waals surface area contributed by atoms with Crippen LogP contribution < -0.4 is 0 Å². The number of hydrogen-bond donors (Lipinski definition) is 0. The molecule has 1 aromatic heterocycles. The molecule has 2 aliphatic heterocycles. The molecule has 5 rings (SSSR count). The van der Waals surface area contributed by atoms with Gasteiger partial charge in [-0.1, -0.05) is 6.92 Å². The second kappa shape index (κ2) is 8.88. The molecule has 1 aromatic rings. The Morgan fingerprint density at radius 1 is 0.973 bits per heavy atom. The van der Waals surface area contributed by atoms with E-state index in [2.05, 4.69) is 0 Å². The molecule has 2 aliphatic carbocycles. The van der Waals surface area contributed by atoms with Gasteiger partial charge < -0.3 is 28.1 Å². The highest BCUT2D eigenvalue weighted by atomic mass is 16.6. The lowest BCUT2D eigenvalue weighted by Gasteiger charge is -2.64. The third kappa shape index (κ3) is 3.81. The highest BCUT2D eigenvalue weighted by molar-refractivity contribution is 5.79. The smallest absolute Gasteiger partial charge is 0.310 e. The Balaban J connectivity index is 1.72. The van der Waals surface area contributed by atoms with Crippen molar-refractivity contribution in [3.8, 4) is 0 Å². The Morgan fingerprint density at radius 2 is 1.68 bits per heavy atom. The van der Waals surface area contributed by atoms with E-state index in [1.165, 1.54) is 33.3 Å². The summed E-state index contributed by atoms with van der Waals surface area (Å²) in [6.45, 7) is 5.59. The molecule has 0 N–H and O–H groups in total. The first-order chi connectivity index (χ1) is 17.5. The Bertz CT molecular complexity index is 1130. The first-order valence-corrected chi connectivity index (χ1v) is 12.4. The van der Waals surface area contributed by atoms with Gasteiger partial charge in [-0.2, -0.15) is 0 Å². The number of hydrogen-bond acceptors (Lipinski definition) is 11. The third-order valence-electron chi connectivity index (χ3n) is 8.76. The van der Waals surface area contributed by atoms with Crippen molar-refractivity contribution in [3.05, 3.63) is 24.2 Å². The fourth-order valence-corrected chi connectivity index (χ4v) is 7.56. The zero-order chi connectivity index (χ0) is 26.7. The number of furan rings is 1. The summed E-state index contributed by atoms with van der Waals surface area (Å²) in [6.07, 6.45) is -0.300. The largest absolute Gasteiger partial charge is 0.472 e. The van der Waals surface area contributed by atoms with Crippen molar-refractivity contribution in [1.82, 2.24) is 0 Å². The standard InChI is InChI=1S/C26H30O11/c1-12(27)34-18-9-17-23(30)33-11-26(17)7-5-16-24(31)37-19(15-6-8-32-10-15)22(36-14(3)29)25(16,4)21(26)20(18)35-13(2)28/h6,8,10,16-22H,5,7,9,11H2,1-4H3/t16-,17+,18-,19+,20-,21-,22+,25+,26-/m1/s1. The van der Waals surface area contributed by atoms with E-state index >= 15 is 0 Å². The molecule has 37 heavy (non-hydrogen) atoms.